The second-order valence-electron chi connectivity index (χ2n) is 4.96. The van der Waals surface area contributed by atoms with Gasteiger partial charge in [-0.15, -0.1) is 0 Å². The second-order valence-corrected chi connectivity index (χ2v) is 4.96. The molecular formula is C12H15FN2O5. The average Bonchev–Trinajstić information content (AvgIpc) is 2.29. The summed E-state index contributed by atoms with van der Waals surface area (Å²) in [7, 11) is 1.12. The molecule has 0 aromatic heterocycles. The summed E-state index contributed by atoms with van der Waals surface area (Å²) in [5.74, 6) is -2.58. The topological polar surface area (TPSA) is 105 Å². The van der Waals surface area contributed by atoms with Crippen LogP contribution in [0.3, 0.4) is 0 Å². The highest BCUT2D eigenvalue weighted by molar-refractivity contribution is 5.95. The third-order valence-corrected chi connectivity index (χ3v) is 2.26. The van der Waals surface area contributed by atoms with E-state index in [1.165, 1.54) is 0 Å². The highest BCUT2D eigenvalue weighted by Gasteiger charge is 2.29. The summed E-state index contributed by atoms with van der Waals surface area (Å²) in [6.45, 7) is 4.83. The molecule has 0 aliphatic rings. The van der Waals surface area contributed by atoms with Crippen LogP contribution in [0.25, 0.3) is 0 Å². The zero-order chi connectivity index (χ0) is 15.7. The number of anilines is 1. The smallest absolute Gasteiger partial charge is 0.342 e. The van der Waals surface area contributed by atoms with E-state index in [1.807, 2.05) is 0 Å². The van der Waals surface area contributed by atoms with Crippen LogP contribution >= 0.6 is 0 Å². The van der Waals surface area contributed by atoms with E-state index in [0.29, 0.717) is 0 Å². The van der Waals surface area contributed by atoms with Crippen molar-refractivity contribution in [2.45, 2.75) is 26.4 Å². The van der Waals surface area contributed by atoms with Crippen molar-refractivity contribution in [3.05, 3.63) is 27.6 Å². The minimum Gasteiger partial charge on any atom is -0.493 e. The number of methoxy groups -OCH3 is 1. The lowest BCUT2D eigenvalue weighted by Crippen LogP contribution is -2.24. The van der Waals surface area contributed by atoms with E-state index in [0.717, 1.165) is 13.2 Å². The van der Waals surface area contributed by atoms with E-state index < -0.39 is 39.4 Å². The first-order chi connectivity index (χ1) is 9.08. The van der Waals surface area contributed by atoms with Crippen molar-refractivity contribution in [3.8, 4) is 5.75 Å². The van der Waals surface area contributed by atoms with E-state index in [9.17, 15) is 19.3 Å². The number of nitrogens with zero attached hydrogens (tertiary/aromatic N) is 1. The third kappa shape index (κ3) is 3.14. The van der Waals surface area contributed by atoms with Gasteiger partial charge < -0.3 is 15.2 Å². The van der Waals surface area contributed by atoms with Crippen LogP contribution in [0.2, 0.25) is 0 Å². The van der Waals surface area contributed by atoms with Crippen LogP contribution in [0.15, 0.2) is 6.07 Å². The van der Waals surface area contributed by atoms with Crippen molar-refractivity contribution in [1.82, 2.24) is 0 Å². The molecule has 0 saturated carbocycles. The Balaban J connectivity index is 3.45. The maximum atomic E-state index is 13.9. The number of hydrogen-bond donors (Lipinski definition) is 1. The molecule has 20 heavy (non-hydrogen) atoms. The van der Waals surface area contributed by atoms with Crippen molar-refractivity contribution >= 4 is 17.3 Å². The van der Waals surface area contributed by atoms with E-state index in [1.54, 1.807) is 20.8 Å². The molecule has 0 atom stereocenters. The Morgan fingerprint density at radius 2 is 2.00 bits per heavy atom. The van der Waals surface area contributed by atoms with Crippen LogP contribution in [0, 0.1) is 15.9 Å². The molecule has 0 radical (unpaired) electrons. The molecule has 2 N–H and O–H groups in total. The van der Waals surface area contributed by atoms with E-state index in [4.69, 9.17) is 15.2 Å². The zero-order valence-electron chi connectivity index (χ0n) is 11.5. The molecule has 0 aliphatic carbocycles. The number of nitro benzene ring substituents is 1. The number of esters is 1. The fourth-order valence-corrected chi connectivity index (χ4v) is 1.47. The summed E-state index contributed by atoms with van der Waals surface area (Å²) in [4.78, 5) is 21.9. The average molecular weight is 286 g/mol. The van der Waals surface area contributed by atoms with Gasteiger partial charge in [0.1, 0.15) is 11.2 Å². The number of nitrogens with two attached hydrogens (primary N) is 1. The van der Waals surface area contributed by atoms with Crippen LogP contribution in [-0.4, -0.2) is 23.6 Å². The lowest BCUT2D eigenvalue weighted by Gasteiger charge is -2.20. The van der Waals surface area contributed by atoms with Crippen LogP contribution in [0.5, 0.6) is 5.75 Å². The molecule has 0 unspecified atom stereocenters. The maximum absolute atomic E-state index is 13.9. The molecule has 110 valence electrons. The second kappa shape index (κ2) is 5.32. The molecule has 1 rings (SSSR count). The first kappa shape index (κ1) is 15.7. The molecule has 8 heteroatoms. The molecule has 0 heterocycles. The number of benzene rings is 1. The first-order valence-corrected chi connectivity index (χ1v) is 5.62. The number of halogens is 1. The standard InChI is InChI=1S/C12H15FN2O5/c1-12(2,3)20-11(16)6-5-7(15(17)18)9(14)8(13)10(6)19-4/h5H,14H2,1-4H3. The minimum absolute atomic E-state index is 0.388. The Hall–Kier alpha value is -2.38. The highest BCUT2D eigenvalue weighted by atomic mass is 19.1. The number of hydrogen-bond acceptors (Lipinski definition) is 6. The van der Waals surface area contributed by atoms with Gasteiger partial charge in [-0.05, 0) is 20.8 Å². The fraction of sp³-hybridized carbons (Fsp3) is 0.417. The largest absolute Gasteiger partial charge is 0.493 e. The number of nitrogen functional groups attached to an aromatic ring is 1. The molecule has 7 nitrogen and oxygen atoms in total. The van der Waals surface area contributed by atoms with Crippen molar-refractivity contribution in [2.24, 2.45) is 0 Å². The minimum atomic E-state index is -1.16. The number of carbonyl (C=O) groups excluding carboxylic acids is 1. The van der Waals surface area contributed by atoms with E-state index in [2.05, 4.69) is 0 Å². The van der Waals surface area contributed by atoms with E-state index >= 15 is 0 Å². The lowest BCUT2D eigenvalue weighted by atomic mass is 10.1. The van der Waals surface area contributed by atoms with Gasteiger partial charge in [-0.2, -0.15) is 0 Å². The van der Waals surface area contributed by atoms with Crippen molar-refractivity contribution in [3.63, 3.8) is 0 Å². The van der Waals surface area contributed by atoms with Gasteiger partial charge in [0.25, 0.3) is 5.69 Å². The Bertz CT molecular complexity index is 566. The van der Waals surface area contributed by atoms with Crippen molar-refractivity contribution in [2.75, 3.05) is 12.8 Å². The molecule has 0 bridgehead atoms. The van der Waals surface area contributed by atoms with Gasteiger partial charge in [-0.25, -0.2) is 9.18 Å². The van der Waals surface area contributed by atoms with Gasteiger partial charge in [0.05, 0.1) is 12.0 Å². The Labute approximate surface area is 114 Å². The highest BCUT2D eigenvalue weighted by Crippen LogP contribution is 2.35. The zero-order valence-corrected chi connectivity index (χ0v) is 11.5. The quantitative estimate of drug-likeness (QED) is 0.395. The number of rotatable bonds is 3. The number of carbonyl (C=O) groups is 1. The van der Waals surface area contributed by atoms with Gasteiger partial charge in [0, 0.05) is 6.07 Å². The molecule has 0 amide bonds. The van der Waals surface area contributed by atoms with Gasteiger partial charge in [0.2, 0.25) is 0 Å². The molecule has 1 aromatic carbocycles. The summed E-state index contributed by atoms with van der Waals surface area (Å²) < 4.78 is 23.7. The van der Waals surface area contributed by atoms with Gasteiger partial charge in [-0.1, -0.05) is 0 Å². The fourth-order valence-electron chi connectivity index (χ4n) is 1.47. The maximum Gasteiger partial charge on any atom is 0.342 e. The predicted octanol–water partition coefficient (Wildman–Crippen LogP) is 2.28. The summed E-state index contributed by atoms with van der Waals surface area (Å²) in [5, 5.41) is 10.8. The molecule has 1 aromatic rings. The molecule has 0 fully saturated rings. The van der Waals surface area contributed by atoms with E-state index in [-0.39, 0.29) is 5.56 Å². The summed E-state index contributed by atoms with van der Waals surface area (Å²) in [6.07, 6.45) is 0. The summed E-state index contributed by atoms with van der Waals surface area (Å²) in [6, 6.07) is 0.839. The summed E-state index contributed by atoms with van der Waals surface area (Å²) in [5.41, 5.74) is 2.67. The molecule has 0 saturated heterocycles. The van der Waals surface area contributed by atoms with Gasteiger partial charge in [0.15, 0.2) is 17.3 Å². The van der Waals surface area contributed by atoms with Gasteiger partial charge >= 0.3 is 5.97 Å². The van der Waals surface area contributed by atoms with Crippen molar-refractivity contribution < 1.29 is 23.6 Å². The third-order valence-electron chi connectivity index (χ3n) is 2.26. The summed E-state index contributed by atoms with van der Waals surface area (Å²) >= 11 is 0. The number of nitro groups is 1. The monoisotopic (exact) mass is 286 g/mol. The van der Waals surface area contributed by atoms with Gasteiger partial charge in [-0.3, -0.25) is 10.1 Å². The normalized spacial score (nSPS) is 11.1. The van der Waals surface area contributed by atoms with Crippen LogP contribution in [0.4, 0.5) is 15.8 Å². The first-order valence-electron chi connectivity index (χ1n) is 5.62. The SMILES string of the molecule is COc1c(C(=O)OC(C)(C)C)cc([N+](=O)[O-])c(N)c1F. The van der Waals surface area contributed by atoms with Crippen LogP contribution in [-0.2, 0) is 4.74 Å². The predicted molar refractivity (Wildman–Crippen MR) is 69.2 cm³/mol. The lowest BCUT2D eigenvalue weighted by molar-refractivity contribution is -0.384. The molecular weight excluding hydrogens is 271 g/mol. The molecule has 0 aliphatic heterocycles. The Kier molecular flexibility index (Phi) is 4.17. The Morgan fingerprint density at radius 1 is 1.45 bits per heavy atom. The number of ether oxygens (including phenoxy) is 2. The van der Waals surface area contributed by atoms with Crippen molar-refractivity contribution in [1.29, 1.82) is 0 Å². The Morgan fingerprint density at radius 3 is 2.40 bits per heavy atom. The van der Waals surface area contributed by atoms with Crippen LogP contribution in [0.1, 0.15) is 31.1 Å². The van der Waals surface area contributed by atoms with Crippen LogP contribution < -0.4 is 10.5 Å². The molecule has 0 spiro atoms.